The summed E-state index contributed by atoms with van der Waals surface area (Å²) in [6.07, 6.45) is 6.94. The first-order chi connectivity index (χ1) is 8.72. The second kappa shape index (κ2) is 5.79. The molecule has 3 heteroatoms. The number of hydrogen-bond acceptors (Lipinski definition) is 2. The maximum Gasteiger partial charge on any atom is 0.220 e. The highest BCUT2D eigenvalue weighted by Crippen LogP contribution is 2.48. The highest BCUT2D eigenvalue weighted by atomic mass is 32.2. The Morgan fingerprint density at radius 1 is 1.39 bits per heavy atom. The number of carbonyl (C=O) groups excluding carboxylic acids is 1. The smallest absolute Gasteiger partial charge is 0.220 e. The van der Waals surface area contributed by atoms with Crippen LogP contribution in [-0.4, -0.2) is 12.2 Å². The van der Waals surface area contributed by atoms with Crippen molar-refractivity contribution < 1.29 is 4.79 Å². The summed E-state index contributed by atoms with van der Waals surface area (Å²) in [6.45, 7) is 2.11. The predicted octanol–water partition coefficient (Wildman–Crippen LogP) is 3.70. The molecule has 0 heterocycles. The third kappa shape index (κ3) is 2.89. The van der Waals surface area contributed by atoms with Gasteiger partial charge in [-0.2, -0.15) is 0 Å². The molecule has 0 radical (unpaired) electrons. The first-order valence-corrected chi connectivity index (χ1v) is 7.89. The number of unbranched alkanes of at least 4 members (excludes halogenated alkanes) is 1. The Morgan fingerprint density at radius 2 is 2.11 bits per heavy atom. The van der Waals surface area contributed by atoms with Gasteiger partial charge in [-0.3, -0.25) is 4.79 Å². The van der Waals surface area contributed by atoms with E-state index >= 15 is 0 Å². The first kappa shape index (κ1) is 13.5. The van der Waals surface area contributed by atoms with E-state index in [1.54, 1.807) is 11.8 Å². The Labute approximate surface area is 114 Å². The molecule has 0 saturated heterocycles. The van der Waals surface area contributed by atoms with Gasteiger partial charge < -0.3 is 5.32 Å². The quantitative estimate of drug-likeness (QED) is 0.793. The summed E-state index contributed by atoms with van der Waals surface area (Å²) < 4.78 is 0. The zero-order valence-corrected chi connectivity index (χ0v) is 12.0. The van der Waals surface area contributed by atoms with Crippen LogP contribution in [0.4, 0.5) is 0 Å². The van der Waals surface area contributed by atoms with Crippen molar-refractivity contribution in [3.63, 3.8) is 0 Å². The van der Waals surface area contributed by atoms with Gasteiger partial charge in [-0.25, -0.2) is 0 Å². The topological polar surface area (TPSA) is 29.1 Å². The van der Waals surface area contributed by atoms with Gasteiger partial charge in [0.1, 0.15) is 0 Å². The lowest BCUT2D eigenvalue weighted by atomic mass is 10.0. The number of nitrogens with one attached hydrogen (secondary N) is 1. The van der Waals surface area contributed by atoms with Crippen molar-refractivity contribution in [1.29, 1.82) is 0 Å². The van der Waals surface area contributed by atoms with Gasteiger partial charge in [0.2, 0.25) is 5.91 Å². The third-order valence-electron chi connectivity index (χ3n) is 3.51. The summed E-state index contributed by atoms with van der Waals surface area (Å²) in [6, 6.07) is 8.41. The molecule has 1 aliphatic rings. The largest absolute Gasteiger partial charge is 0.347 e. The van der Waals surface area contributed by atoms with Crippen LogP contribution in [0.3, 0.4) is 0 Å². The summed E-state index contributed by atoms with van der Waals surface area (Å²) >= 11 is 1.76. The molecule has 18 heavy (non-hydrogen) atoms. The molecule has 0 bridgehead atoms. The monoisotopic (exact) mass is 263 g/mol. The van der Waals surface area contributed by atoms with Gasteiger partial charge in [0.05, 0.1) is 5.54 Å². The average molecular weight is 263 g/mol. The van der Waals surface area contributed by atoms with Crippen LogP contribution in [0.2, 0.25) is 0 Å². The van der Waals surface area contributed by atoms with Gasteiger partial charge in [0, 0.05) is 11.3 Å². The third-order valence-corrected chi connectivity index (χ3v) is 4.30. The molecule has 2 nitrogen and oxygen atoms in total. The number of carbonyl (C=O) groups is 1. The van der Waals surface area contributed by atoms with Crippen LogP contribution in [-0.2, 0) is 10.3 Å². The molecule has 1 saturated carbocycles. The van der Waals surface area contributed by atoms with Gasteiger partial charge in [0.25, 0.3) is 0 Å². The van der Waals surface area contributed by atoms with Crippen LogP contribution in [0, 0.1) is 0 Å². The second-order valence-electron chi connectivity index (χ2n) is 4.93. The lowest BCUT2D eigenvalue weighted by Gasteiger charge is -2.20. The van der Waals surface area contributed by atoms with Crippen LogP contribution in [0.25, 0.3) is 0 Å². The van der Waals surface area contributed by atoms with Crippen LogP contribution >= 0.6 is 11.8 Å². The average Bonchev–Trinajstić information content (AvgIpc) is 3.17. The molecular formula is C15H21NOS. The van der Waals surface area contributed by atoms with E-state index in [9.17, 15) is 4.79 Å². The molecule has 1 N–H and O–H groups in total. The maximum atomic E-state index is 11.9. The highest BCUT2D eigenvalue weighted by Gasteiger charge is 2.46. The molecule has 0 aromatic heterocycles. The van der Waals surface area contributed by atoms with E-state index in [-0.39, 0.29) is 11.4 Å². The molecule has 0 spiro atoms. The zero-order chi connectivity index (χ0) is 13.0. The Morgan fingerprint density at radius 3 is 2.72 bits per heavy atom. The first-order valence-electron chi connectivity index (χ1n) is 6.66. The van der Waals surface area contributed by atoms with E-state index in [0.29, 0.717) is 6.42 Å². The summed E-state index contributed by atoms with van der Waals surface area (Å²) in [5.41, 5.74) is 1.23. The van der Waals surface area contributed by atoms with Gasteiger partial charge >= 0.3 is 0 Å². The highest BCUT2D eigenvalue weighted by molar-refractivity contribution is 7.98. The van der Waals surface area contributed by atoms with E-state index in [0.717, 1.165) is 25.7 Å². The van der Waals surface area contributed by atoms with Gasteiger partial charge in [-0.1, -0.05) is 31.5 Å². The van der Waals surface area contributed by atoms with Crippen LogP contribution in [0.5, 0.6) is 0 Å². The summed E-state index contributed by atoms with van der Waals surface area (Å²) in [5, 5.41) is 3.24. The van der Waals surface area contributed by atoms with E-state index in [2.05, 4.69) is 42.8 Å². The van der Waals surface area contributed by atoms with Crippen molar-refractivity contribution >= 4 is 17.7 Å². The van der Waals surface area contributed by atoms with Gasteiger partial charge in [-0.15, -0.1) is 11.8 Å². The molecule has 0 atom stereocenters. The summed E-state index contributed by atoms with van der Waals surface area (Å²) in [7, 11) is 0. The molecule has 1 aliphatic carbocycles. The van der Waals surface area contributed by atoms with Crippen molar-refractivity contribution in [3.05, 3.63) is 29.8 Å². The summed E-state index contributed by atoms with van der Waals surface area (Å²) in [5.74, 6) is 0.199. The predicted molar refractivity (Wildman–Crippen MR) is 76.8 cm³/mol. The van der Waals surface area contributed by atoms with Crippen LogP contribution < -0.4 is 5.32 Å². The molecule has 1 aromatic carbocycles. The van der Waals surface area contributed by atoms with Crippen LogP contribution in [0.15, 0.2) is 29.2 Å². The summed E-state index contributed by atoms with van der Waals surface area (Å²) in [4.78, 5) is 13.2. The molecule has 0 unspecified atom stereocenters. The lowest BCUT2D eigenvalue weighted by Crippen LogP contribution is -2.35. The zero-order valence-electron chi connectivity index (χ0n) is 11.2. The van der Waals surface area contributed by atoms with E-state index in [1.807, 2.05) is 0 Å². The van der Waals surface area contributed by atoms with Crippen LogP contribution in [0.1, 0.15) is 44.6 Å². The Bertz CT molecular complexity index is 426. The number of amides is 1. The van der Waals surface area contributed by atoms with Crippen molar-refractivity contribution in [2.75, 3.05) is 6.26 Å². The SMILES string of the molecule is CCCCC(=O)NC1(c2ccccc2SC)CC1. The number of rotatable bonds is 6. The minimum Gasteiger partial charge on any atom is -0.347 e. The van der Waals surface area contributed by atoms with Gasteiger partial charge in [-0.05, 0) is 37.1 Å². The Hall–Kier alpha value is -0.960. The number of benzene rings is 1. The second-order valence-corrected chi connectivity index (χ2v) is 5.78. The van der Waals surface area contributed by atoms with Gasteiger partial charge in [0.15, 0.2) is 0 Å². The molecule has 0 aliphatic heterocycles. The fraction of sp³-hybridized carbons (Fsp3) is 0.533. The number of hydrogen-bond donors (Lipinski definition) is 1. The molecule has 1 fully saturated rings. The minimum absolute atomic E-state index is 0.0651. The minimum atomic E-state index is -0.0651. The molecular weight excluding hydrogens is 242 g/mol. The Kier molecular flexibility index (Phi) is 4.33. The van der Waals surface area contributed by atoms with E-state index in [4.69, 9.17) is 0 Å². The van der Waals surface area contributed by atoms with E-state index in [1.165, 1.54) is 10.5 Å². The fourth-order valence-electron chi connectivity index (χ4n) is 2.29. The normalized spacial score (nSPS) is 16.3. The molecule has 1 amide bonds. The maximum absolute atomic E-state index is 11.9. The Balaban J connectivity index is 2.09. The molecule has 1 aromatic rings. The van der Waals surface area contributed by atoms with E-state index < -0.39 is 0 Å². The molecule has 98 valence electrons. The van der Waals surface area contributed by atoms with Crippen molar-refractivity contribution in [2.24, 2.45) is 0 Å². The fourth-order valence-corrected chi connectivity index (χ4v) is 2.99. The molecule has 2 rings (SSSR count). The lowest BCUT2D eigenvalue weighted by molar-refractivity contribution is -0.122. The van der Waals surface area contributed by atoms with Crippen molar-refractivity contribution in [2.45, 2.75) is 49.5 Å². The standard InChI is InChI=1S/C15H21NOS/c1-3-4-9-14(17)16-15(10-11-15)12-7-5-6-8-13(12)18-2/h5-8H,3-4,9-11H2,1-2H3,(H,16,17). The van der Waals surface area contributed by atoms with Crippen molar-refractivity contribution in [3.8, 4) is 0 Å². The number of thioether (sulfide) groups is 1. The van der Waals surface area contributed by atoms with Crippen molar-refractivity contribution in [1.82, 2.24) is 5.32 Å².